The summed E-state index contributed by atoms with van der Waals surface area (Å²) in [6.45, 7) is 1.50. The summed E-state index contributed by atoms with van der Waals surface area (Å²) >= 11 is 0. The van der Waals surface area contributed by atoms with E-state index in [-0.39, 0.29) is 17.8 Å². The fraction of sp³-hybridized carbons (Fsp3) is 0.579. The minimum atomic E-state index is -0.236. The number of aromatic nitrogens is 4. The number of piperidine rings is 1. The molecule has 4 rings (SSSR count). The standard InChI is InChI=1S/C19H26FN7/c1-26(2)19-21-9-8-15(25-19)24-14-7-4-10-27(11-14)18-16(20)17(22-12-23-18)13-5-3-6-13/h8-9,12-14H,3-7,10-11H2,1-2H3,(H,21,24,25). The van der Waals surface area contributed by atoms with Gasteiger partial charge >= 0.3 is 0 Å². The van der Waals surface area contributed by atoms with Crippen molar-refractivity contribution in [2.24, 2.45) is 0 Å². The number of hydrogen-bond acceptors (Lipinski definition) is 7. The minimum absolute atomic E-state index is 0.185. The first-order valence-corrected chi connectivity index (χ1v) is 9.64. The van der Waals surface area contributed by atoms with Gasteiger partial charge in [0.25, 0.3) is 0 Å². The zero-order valence-electron chi connectivity index (χ0n) is 15.9. The minimum Gasteiger partial charge on any atom is -0.365 e. The van der Waals surface area contributed by atoms with Gasteiger partial charge in [0.1, 0.15) is 12.1 Å². The molecule has 1 N–H and O–H groups in total. The van der Waals surface area contributed by atoms with Crippen molar-refractivity contribution in [2.75, 3.05) is 42.3 Å². The van der Waals surface area contributed by atoms with E-state index in [0.717, 1.165) is 44.5 Å². The lowest BCUT2D eigenvalue weighted by Gasteiger charge is -2.35. The molecule has 0 aromatic carbocycles. The third-order valence-corrected chi connectivity index (χ3v) is 5.41. The van der Waals surface area contributed by atoms with E-state index in [9.17, 15) is 0 Å². The number of halogens is 1. The quantitative estimate of drug-likeness (QED) is 0.866. The van der Waals surface area contributed by atoms with Gasteiger partial charge in [0, 0.05) is 45.3 Å². The summed E-state index contributed by atoms with van der Waals surface area (Å²) < 4.78 is 15.0. The molecule has 2 aromatic rings. The molecule has 1 saturated heterocycles. The number of hydrogen-bond donors (Lipinski definition) is 1. The maximum atomic E-state index is 15.0. The number of nitrogens with zero attached hydrogens (tertiary/aromatic N) is 6. The van der Waals surface area contributed by atoms with Crippen molar-refractivity contribution < 1.29 is 4.39 Å². The summed E-state index contributed by atoms with van der Waals surface area (Å²) in [6.07, 6.45) is 8.47. The maximum absolute atomic E-state index is 15.0. The predicted molar refractivity (Wildman–Crippen MR) is 104 cm³/mol. The molecule has 2 fully saturated rings. The van der Waals surface area contributed by atoms with Crippen LogP contribution in [0.15, 0.2) is 18.6 Å². The van der Waals surface area contributed by atoms with E-state index >= 15 is 4.39 Å². The van der Waals surface area contributed by atoms with Gasteiger partial charge in [0.2, 0.25) is 5.95 Å². The fourth-order valence-electron chi connectivity index (χ4n) is 3.70. The van der Waals surface area contributed by atoms with E-state index in [1.807, 2.05) is 30.0 Å². The number of anilines is 3. The van der Waals surface area contributed by atoms with Crippen LogP contribution >= 0.6 is 0 Å². The molecular formula is C19H26FN7. The second kappa shape index (κ2) is 7.62. The highest BCUT2D eigenvalue weighted by atomic mass is 19.1. The smallest absolute Gasteiger partial charge is 0.226 e. The largest absolute Gasteiger partial charge is 0.365 e. The summed E-state index contributed by atoms with van der Waals surface area (Å²) in [5.41, 5.74) is 0.591. The third kappa shape index (κ3) is 3.79. The molecule has 7 nitrogen and oxygen atoms in total. The summed E-state index contributed by atoms with van der Waals surface area (Å²) in [7, 11) is 3.83. The van der Waals surface area contributed by atoms with Gasteiger partial charge < -0.3 is 15.1 Å². The Kier molecular flexibility index (Phi) is 5.05. The third-order valence-electron chi connectivity index (χ3n) is 5.41. The molecule has 3 heterocycles. The predicted octanol–water partition coefficient (Wildman–Crippen LogP) is 2.82. The zero-order chi connectivity index (χ0) is 18.8. The van der Waals surface area contributed by atoms with E-state index in [4.69, 9.17) is 0 Å². The Balaban J connectivity index is 1.48. The average molecular weight is 371 g/mol. The lowest BCUT2D eigenvalue weighted by Crippen LogP contribution is -2.43. The van der Waals surface area contributed by atoms with E-state index in [1.165, 1.54) is 6.33 Å². The van der Waals surface area contributed by atoms with E-state index in [1.54, 1.807) is 6.20 Å². The molecule has 0 bridgehead atoms. The molecule has 1 saturated carbocycles. The van der Waals surface area contributed by atoms with Crippen molar-refractivity contribution in [3.63, 3.8) is 0 Å². The second-order valence-electron chi connectivity index (χ2n) is 7.59. The highest BCUT2D eigenvalue weighted by Crippen LogP contribution is 2.38. The van der Waals surface area contributed by atoms with Crippen LogP contribution in [0.3, 0.4) is 0 Å². The molecule has 144 valence electrons. The van der Waals surface area contributed by atoms with E-state index in [0.29, 0.717) is 24.0 Å². The van der Waals surface area contributed by atoms with Crippen LogP contribution in [0.1, 0.15) is 43.7 Å². The average Bonchev–Trinajstić information content (AvgIpc) is 2.62. The van der Waals surface area contributed by atoms with E-state index in [2.05, 4.69) is 25.3 Å². The van der Waals surface area contributed by atoms with Gasteiger partial charge in [-0.05, 0) is 31.7 Å². The second-order valence-corrected chi connectivity index (χ2v) is 7.59. The highest BCUT2D eigenvalue weighted by molar-refractivity contribution is 5.45. The Morgan fingerprint density at radius 1 is 1.15 bits per heavy atom. The Morgan fingerprint density at radius 2 is 2.00 bits per heavy atom. The molecule has 0 radical (unpaired) electrons. The molecule has 2 aromatic heterocycles. The number of nitrogens with one attached hydrogen (secondary N) is 1. The molecule has 1 aliphatic carbocycles. The Hall–Kier alpha value is -2.51. The summed E-state index contributed by atoms with van der Waals surface area (Å²) in [6, 6.07) is 2.05. The number of rotatable bonds is 5. The normalized spacial score (nSPS) is 20.3. The SMILES string of the molecule is CN(C)c1nccc(NC2CCCN(c3ncnc(C4CCC4)c3F)C2)n1. The summed E-state index contributed by atoms with van der Waals surface area (Å²) in [5.74, 6) is 1.92. The van der Waals surface area contributed by atoms with Crippen molar-refractivity contribution in [3.8, 4) is 0 Å². The highest BCUT2D eigenvalue weighted by Gasteiger charge is 2.29. The first-order chi connectivity index (χ1) is 13.1. The van der Waals surface area contributed by atoms with Gasteiger partial charge in [-0.25, -0.2) is 19.3 Å². The van der Waals surface area contributed by atoms with Crippen LogP contribution in [0.4, 0.5) is 22.0 Å². The fourth-order valence-corrected chi connectivity index (χ4v) is 3.70. The first-order valence-electron chi connectivity index (χ1n) is 9.64. The van der Waals surface area contributed by atoms with Gasteiger partial charge in [0.15, 0.2) is 11.6 Å². The molecule has 0 spiro atoms. The van der Waals surface area contributed by atoms with Crippen LogP contribution in [-0.4, -0.2) is 53.2 Å². The van der Waals surface area contributed by atoms with Crippen molar-refractivity contribution in [2.45, 2.75) is 44.1 Å². The molecular weight excluding hydrogens is 345 g/mol. The molecule has 0 amide bonds. The topological polar surface area (TPSA) is 70.1 Å². The molecule has 1 unspecified atom stereocenters. The Labute approximate surface area is 159 Å². The van der Waals surface area contributed by atoms with Crippen LogP contribution < -0.4 is 15.1 Å². The van der Waals surface area contributed by atoms with Crippen LogP contribution in [-0.2, 0) is 0 Å². The Morgan fingerprint density at radius 3 is 2.74 bits per heavy atom. The maximum Gasteiger partial charge on any atom is 0.226 e. The Bertz CT molecular complexity index is 793. The molecule has 1 atom stereocenters. The van der Waals surface area contributed by atoms with Crippen molar-refractivity contribution in [1.29, 1.82) is 0 Å². The van der Waals surface area contributed by atoms with Crippen LogP contribution in [0, 0.1) is 5.82 Å². The summed E-state index contributed by atoms with van der Waals surface area (Å²) in [4.78, 5) is 21.2. The van der Waals surface area contributed by atoms with Gasteiger partial charge in [-0.2, -0.15) is 4.98 Å². The lowest BCUT2D eigenvalue weighted by molar-refractivity contribution is 0.391. The molecule has 1 aliphatic heterocycles. The molecule has 8 heteroatoms. The van der Waals surface area contributed by atoms with Crippen LogP contribution in [0.5, 0.6) is 0 Å². The van der Waals surface area contributed by atoms with Gasteiger partial charge in [-0.15, -0.1) is 0 Å². The molecule has 27 heavy (non-hydrogen) atoms. The molecule has 2 aliphatic rings. The van der Waals surface area contributed by atoms with Crippen molar-refractivity contribution >= 4 is 17.6 Å². The van der Waals surface area contributed by atoms with Crippen LogP contribution in [0.2, 0.25) is 0 Å². The lowest BCUT2D eigenvalue weighted by atomic mass is 9.82. The van der Waals surface area contributed by atoms with Crippen molar-refractivity contribution in [3.05, 3.63) is 30.1 Å². The monoisotopic (exact) mass is 371 g/mol. The van der Waals surface area contributed by atoms with Crippen molar-refractivity contribution in [1.82, 2.24) is 19.9 Å². The first kappa shape index (κ1) is 17.9. The van der Waals surface area contributed by atoms with Gasteiger partial charge in [-0.3, -0.25) is 0 Å². The van der Waals surface area contributed by atoms with Crippen LogP contribution in [0.25, 0.3) is 0 Å². The zero-order valence-corrected chi connectivity index (χ0v) is 15.9. The summed E-state index contributed by atoms with van der Waals surface area (Å²) in [5, 5.41) is 3.47. The van der Waals surface area contributed by atoms with E-state index < -0.39 is 0 Å². The van der Waals surface area contributed by atoms with Gasteiger partial charge in [0.05, 0.1) is 5.69 Å². The van der Waals surface area contributed by atoms with Gasteiger partial charge in [-0.1, -0.05) is 6.42 Å².